The van der Waals surface area contributed by atoms with E-state index < -0.39 is 5.97 Å². The van der Waals surface area contributed by atoms with Crippen molar-refractivity contribution in [2.45, 2.75) is 44.2 Å². The molecule has 0 amide bonds. The summed E-state index contributed by atoms with van der Waals surface area (Å²) in [6.45, 7) is 2.19. The van der Waals surface area contributed by atoms with Crippen molar-refractivity contribution in [3.05, 3.63) is 28.8 Å². The Morgan fingerprint density at radius 3 is 2.48 bits per heavy atom. The standard InChI is InChI=1S/C16H20ClNO3/c17-15-10-13(4-5-14(15)16(19)20)21-12-6-8-18(9-7-12)11-2-1-3-11/h4-5,10-12H,1-3,6-9H2,(H,19,20). The molecule has 0 unspecified atom stereocenters. The highest BCUT2D eigenvalue weighted by Crippen LogP contribution is 2.29. The number of aromatic carboxylic acids is 1. The number of hydrogen-bond acceptors (Lipinski definition) is 3. The van der Waals surface area contributed by atoms with Gasteiger partial charge in [0, 0.05) is 19.1 Å². The van der Waals surface area contributed by atoms with Crippen LogP contribution in [0.15, 0.2) is 18.2 Å². The largest absolute Gasteiger partial charge is 0.490 e. The number of rotatable bonds is 4. The molecule has 4 nitrogen and oxygen atoms in total. The van der Waals surface area contributed by atoms with E-state index in [0.29, 0.717) is 5.75 Å². The number of ether oxygens (including phenoxy) is 1. The van der Waals surface area contributed by atoms with Crippen LogP contribution in [0.4, 0.5) is 0 Å². The lowest BCUT2D eigenvalue weighted by molar-refractivity contribution is 0.0493. The Balaban J connectivity index is 1.55. The summed E-state index contributed by atoms with van der Waals surface area (Å²) < 4.78 is 5.95. The van der Waals surface area contributed by atoms with Crippen LogP contribution in [0.3, 0.4) is 0 Å². The first kappa shape index (κ1) is 14.7. The third-order valence-corrected chi connectivity index (χ3v) is 4.85. The van der Waals surface area contributed by atoms with E-state index in [9.17, 15) is 4.79 Å². The van der Waals surface area contributed by atoms with Crippen molar-refractivity contribution in [2.75, 3.05) is 13.1 Å². The zero-order valence-electron chi connectivity index (χ0n) is 11.9. The van der Waals surface area contributed by atoms with Gasteiger partial charge in [-0.2, -0.15) is 0 Å². The van der Waals surface area contributed by atoms with Crippen LogP contribution in [-0.4, -0.2) is 41.2 Å². The van der Waals surface area contributed by atoms with Crippen molar-refractivity contribution >= 4 is 17.6 Å². The van der Waals surface area contributed by atoms with Gasteiger partial charge in [-0.05, 0) is 43.9 Å². The number of hydrogen-bond donors (Lipinski definition) is 1. The number of carbonyl (C=O) groups is 1. The maximum absolute atomic E-state index is 10.9. The quantitative estimate of drug-likeness (QED) is 0.925. The molecule has 3 rings (SSSR count). The van der Waals surface area contributed by atoms with Crippen LogP contribution in [0, 0.1) is 0 Å². The fourth-order valence-corrected chi connectivity index (χ4v) is 3.30. The number of piperidine rings is 1. The average molecular weight is 310 g/mol. The molecule has 0 spiro atoms. The lowest BCUT2D eigenvalue weighted by Crippen LogP contribution is -2.46. The second kappa shape index (κ2) is 6.24. The molecule has 1 N–H and O–H groups in total. The second-order valence-corrected chi connectivity index (χ2v) is 6.29. The predicted molar refractivity (Wildman–Crippen MR) is 81.3 cm³/mol. The minimum absolute atomic E-state index is 0.115. The van der Waals surface area contributed by atoms with Gasteiger partial charge < -0.3 is 14.7 Å². The summed E-state index contributed by atoms with van der Waals surface area (Å²) in [5.41, 5.74) is 0.115. The van der Waals surface area contributed by atoms with Crippen molar-refractivity contribution in [3.8, 4) is 5.75 Å². The van der Waals surface area contributed by atoms with E-state index in [2.05, 4.69) is 4.90 Å². The number of carboxylic acid groups (broad SMARTS) is 1. The zero-order valence-corrected chi connectivity index (χ0v) is 12.7. The van der Waals surface area contributed by atoms with Gasteiger partial charge in [-0.1, -0.05) is 18.0 Å². The molecule has 1 saturated carbocycles. The summed E-state index contributed by atoms with van der Waals surface area (Å²) in [4.78, 5) is 13.5. The van der Waals surface area contributed by atoms with Crippen molar-refractivity contribution in [1.29, 1.82) is 0 Å². The first-order valence-electron chi connectivity index (χ1n) is 7.57. The second-order valence-electron chi connectivity index (χ2n) is 5.88. The molecule has 1 aliphatic heterocycles. The molecule has 1 aliphatic carbocycles. The highest BCUT2D eigenvalue weighted by Gasteiger charge is 2.29. The Kier molecular flexibility index (Phi) is 4.36. The number of halogens is 1. The molecule has 114 valence electrons. The Morgan fingerprint density at radius 2 is 1.95 bits per heavy atom. The van der Waals surface area contributed by atoms with Gasteiger partial charge in [0.05, 0.1) is 10.6 Å². The minimum atomic E-state index is -1.01. The molecular formula is C16H20ClNO3. The van der Waals surface area contributed by atoms with Gasteiger partial charge in [-0.15, -0.1) is 0 Å². The van der Waals surface area contributed by atoms with Gasteiger partial charge in [0.15, 0.2) is 0 Å². The molecule has 1 heterocycles. The van der Waals surface area contributed by atoms with E-state index in [-0.39, 0.29) is 16.7 Å². The molecule has 2 aliphatic rings. The van der Waals surface area contributed by atoms with E-state index in [4.69, 9.17) is 21.4 Å². The Labute approximate surface area is 129 Å². The summed E-state index contributed by atoms with van der Waals surface area (Å²) in [7, 11) is 0. The van der Waals surface area contributed by atoms with Crippen molar-refractivity contribution in [2.24, 2.45) is 0 Å². The predicted octanol–water partition coefficient (Wildman–Crippen LogP) is 3.43. The van der Waals surface area contributed by atoms with Crippen LogP contribution >= 0.6 is 11.6 Å². The van der Waals surface area contributed by atoms with Crippen LogP contribution in [0.2, 0.25) is 5.02 Å². The van der Waals surface area contributed by atoms with E-state index in [1.807, 2.05) is 0 Å². The molecule has 0 bridgehead atoms. The molecular weight excluding hydrogens is 290 g/mol. The SMILES string of the molecule is O=C(O)c1ccc(OC2CCN(C3CCC3)CC2)cc1Cl. The third-order valence-electron chi connectivity index (χ3n) is 4.54. The molecule has 2 fully saturated rings. The average Bonchev–Trinajstić information content (AvgIpc) is 2.38. The number of nitrogens with zero attached hydrogens (tertiary/aromatic N) is 1. The monoisotopic (exact) mass is 309 g/mol. The number of benzene rings is 1. The van der Waals surface area contributed by atoms with Crippen molar-refractivity contribution in [1.82, 2.24) is 4.90 Å². The van der Waals surface area contributed by atoms with Crippen LogP contribution in [-0.2, 0) is 0 Å². The minimum Gasteiger partial charge on any atom is -0.490 e. The molecule has 1 aromatic carbocycles. The van der Waals surface area contributed by atoms with E-state index in [1.54, 1.807) is 12.1 Å². The Hall–Kier alpha value is -1.26. The number of likely N-dealkylation sites (tertiary alicyclic amines) is 1. The number of carboxylic acids is 1. The Bertz CT molecular complexity index is 522. The van der Waals surface area contributed by atoms with Crippen LogP contribution in [0.25, 0.3) is 0 Å². The van der Waals surface area contributed by atoms with E-state index in [0.717, 1.165) is 32.0 Å². The van der Waals surface area contributed by atoms with Gasteiger partial charge in [-0.3, -0.25) is 0 Å². The lowest BCUT2D eigenvalue weighted by Gasteiger charge is -2.41. The fraction of sp³-hybridized carbons (Fsp3) is 0.562. The highest BCUT2D eigenvalue weighted by molar-refractivity contribution is 6.33. The van der Waals surface area contributed by atoms with Gasteiger partial charge in [0.1, 0.15) is 11.9 Å². The summed E-state index contributed by atoms with van der Waals surface area (Å²) >= 11 is 5.96. The molecule has 21 heavy (non-hydrogen) atoms. The highest BCUT2D eigenvalue weighted by atomic mass is 35.5. The van der Waals surface area contributed by atoms with Crippen molar-refractivity contribution < 1.29 is 14.6 Å². The van der Waals surface area contributed by atoms with Gasteiger partial charge in [0.25, 0.3) is 0 Å². The first-order valence-corrected chi connectivity index (χ1v) is 7.95. The Morgan fingerprint density at radius 1 is 1.24 bits per heavy atom. The first-order chi connectivity index (χ1) is 10.1. The maximum atomic E-state index is 10.9. The molecule has 1 saturated heterocycles. The summed E-state index contributed by atoms with van der Waals surface area (Å²) in [5.74, 6) is -0.354. The molecule has 1 aromatic rings. The summed E-state index contributed by atoms with van der Waals surface area (Å²) in [6, 6.07) is 5.59. The fourth-order valence-electron chi connectivity index (χ4n) is 3.05. The van der Waals surface area contributed by atoms with Gasteiger partial charge in [0.2, 0.25) is 0 Å². The normalized spacial score (nSPS) is 21.0. The van der Waals surface area contributed by atoms with Crippen molar-refractivity contribution in [3.63, 3.8) is 0 Å². The third kappa shape index (κ3) is 3.33. The van der Waals surface area contributed by atoms with Crippen LogP contribution in [0.5, 0.6) is 5.75 Å². The van der Waals surface area contributed by atoms with E-state index in [1.165, 1.54) is 25.3 Å². The molecule has 0 aromatic heterocycles. The summed E-state index contributed by atoms with van der Waals surface area (Å²) in [5, 5.41) is 9.19. The van der Waals surface area contributed by atoms with E-state index >= 15 is 0 Å². The topological polar surface area (TPSA) is 49.8 Å². The molecule has 5 heteroatoms. The lowest BCUT2D eigenvalue weighted by atomic mass is 9.90. The summed E-state index contributed by atoms with van der Waals surface area (Å²) in [6.07, 6.45) is 6.31. The smallest absolute Gasteiger partial charge is 0.337 e. The van der Waals surface area contributed by atoms with Crippen LogP contribution < -0.4 is 4.74 Å². The van der Waals surface area contributed by atoms with Crippen LogP contribution in [0.1, 0.15) is 42.5 Å². The zero-order chi connectivity index (χ0) is 14.8. The molecule has 0 atom stereocenters. The molecule has 0 radical (unpaired) electrons. The van der Waals surface area contributed by atoms with Gasteiger partial charge >= 0.3 is 5.97 Å². The maximum Gasteiger partial charge on any atom is 0.337 e. The van der Waals surface area contributed by atoms with Gasteiger partial charge in [-0.25, -0.2) is 4.79 Å².